The molecule has 2 heterocycles. The second-order valence-electron chi connectivity index (χ2n) is 5.96. The van der Waals surface area contributed by atoms with Crippen LogP contribution in [-0.4, -0.2) is 22.4 Å². The van der Waals surface area contributed by atoms with E-state index < -0.39 is 4.92 Å². The highest BCUT2D eigenvalue weighted by atomic mass is 32.1. The van der Waals surface area contributed by atoms with Gasteiger partial charge in [-0.25, -0.2) is 4.79 Å². The quantitative estimate of drug-likeness (QED) is 0.650. The van der Waals surface area contributed by atoms with Crippen LogP contribution >= 0.6 is 11.3 Å². The number of nitrogens with zero attached hydrogens (tertiary/aromatic N) is 2. The van der Waals surface area contributed by atoms with Gasteiger partial charge in [0.2, 0.25) is 0 Å². The Morgan fingerprint density at radius 2 is 2.17 bits per heavy atom. The van der Waals surface area contributed by atoms with Gasteiger partial charge in [-0.1, -0.05) is 12.1 Å². The molecule has 0 saturated carbocycles. The lowest BCUT2D eigenvalue weighted by atomic mass is 10.1. The van der Waals surface area contributed by atoms with Crippen LogP contribution in [0.4, 0.5) is 16.2 Å². The minimum Gasteiger partial charge on any atom is -0.317 e. The van der Waals surface area contributed by atoms with Gasteiger partial charge >= 0.3 is 6.03 Å². The molecule has 126 valence electrons. The molecule has 3 rings (SSSR count). The molecule has 1 aliphatic rings. The smallest absolute Gasteiger partial charge is 0.317 e. The predicted molar refractivity (Wildman–Crippen MR) is 94.6 cm³/mol. The highest BCUT2D eigenvalue weighted by Gasteiger charge is 2.31. The van der Waals surface area contributed by atoms with E-state index in [0.29, 0.717) is 17.8 Å². The Hall–Kier alpha value is -2.41. The van der Waals surface area contributed by atoms with E-state index in [1.807, 2.05) is 29.3 Å². The molecule has 1 aliphatic heterocycles. The summed E-state index contributed by atoms with van der Waals surface area (Å²) < 4.78 is 0. The Kier molecular flexibility index (Phi) is 4.53. The summed E-state index contributed by atoms with van der Waals surface area (Å²) in [5, 5.41) is 16.0. The summed E-state index contributed by atoms with van der Waals surface area (Å²) in [4.78, 5) is 26.5. The summed E-state index contributed by atoms with van der Waals surface area (Å²) in [7, 11) is 0. The minimum atomic E-state index is -0.422. The van der Waals surface area contributed by atoms with Crippen LogP contribution in [0.15, 0.2) is 29.6 Å². The first-order chi connectivity index (χ1) is 11.5. The van der Waals surface area contributed by atoms with Crippen LogP contribution in [0.25, 0.3) is 0 Å². The molecule has 1 unspecified atom stereocenters. The van der Waals surface area contributed by atoms with Crippen LogP contribution in [0.1, 0.15) is 34.9 Å². The number of urea groups is 1. The normalized spacial score (nSPS) is 17.1. The number of aryl methyl sites for hydroxylation is 1. The molecular formula is C17H19N3O3S. The van der Waals surface area contributed by atoms with Crippen LogP contribution in [0, 0.1) is 24.0 Å². The topological polar surface area (TPSA) is 75.5 Å². The number of nitro benzene ring substituents is 1. The summed E-state index contributed by atoms with van der Waals surface area (Å²) in [6.45, 7) is 4.20. The number of likely N-dealkylation sites (tertiary alicyclic amines) is 1. The summed E-state index contributed by atoms with van der Waals surface area (Å²) in [5.41, 5.74) is 1.86. The SMILES string of the molecule is Cc1ccc([N+](=O)[O-])c(C)c1NC(=O)N1CCCC1c1cccs1. The number of hydrogen-bond acceptors (Lipinski definition) is 4. The molecule has 0 bridgehead atoms. The summed E-state index contributed by atoms with van der Waals surface area (Å²) in [6.07, 6.45) is 1.91. The maximum Gasteiger partial charge on any atom is 0.322 e. The first-order valence-corrected chi connectivity index (χ1v) is 8.72. The van der Waals surface area contributed by atoms with E-state index in [-0.39, 0.29) is 17.8 Å². The zero-order valence-electron chi connectivity index (χ0n) is 13.6. The van der Waals surface area contributed by atoms with Gasteiger partial charge in [0.15, 0.2) is 0 Å². The highest BCUT2D eigenvalue weighted by Crippen LogP contribution is 2.36. The lowest BCUT2D eigenvalue weighted by Crippen LogP contribution is -2.34. The van der Waals surface area contributed by atoms with Crippen molar-refractivity contribution >= 4 is 28.7 Å². The van der Waals surface area contributed by atoms with Crippen LogP contribution < -0.4 is 5.32 Å². The molecule has 0 aliphatic carbocycles. The van der Waals surface area contributed by atoms with Crippen molar-refractivity contribution in [3.8, 4) is 0 Å². The van der Waals surface area contributed by atoms with E-state index in [2.05, 4.69) is 5.32 Å². The Balaban J connectivity index is 1.85. The summed E-state index contributed by atoms with van der Waals surface area (Å²) >= 11 is 1.65. The Bertz CT molecular complexity index is 774. The third-order valence-corrected chi connectivity index (χ3v) is 5.43. The van der Waals surface area contributed by atoms with Crippen LogP contribution in [-0.2, 0) is 0 Å². The lowest BCUT2D eigenvalue weighted by Gasteiger charge is -2.25. The van der Waals surface area contributed by atoms with Crippen LogP contribution in [0.5, 0.6) is 0 Å². The Morgan fingerprint density at radius 3 is 2.83 bits per heavy atom. The molecule has 1 fully saturated rings. The van der Waals surface area contributed by atoms with Crippen molar-refractivity contribution < 1.29 is 9.72 Å². The third kappa shape index (κ3) is 2.99. The van der Waals surface area contributed by atoms with Gasteiger partial charge in [-0.3, -0.25) is 10.1 Å². The van der Waals surface area contributed by atoms with E-state index >= 15 is 0 Å². The minimum absolute atomic E-state index is 0.0205. The molecule has 1 aromatic heterocycles. The molecule has 1 saturated heterocycles. The maximum atomic E-state index is 12.8. The number of anilines is 1. The van der Waals surface area contributed by atoms with Gasteiger partial charge in [0.1, 0.15) is 0 Å². The van der Waals surface area contributed by atoms with Gasteiger partial charge in [0.05, 0.1) is 22.2 Å². The number of thiophene rings is 1. The average molecular weight is 345 g/mol. The molecule has 7 heteroatoms. The molecule has 24 heavy (non-hydrogen) atoms. The molecule has 2 aromatic rings. The largest absolute Gasteiger partial charge is 0.322 e. The first kappa shape index (κ1) is 16.4. The number of nitro groups is 1. The molecule has 2 amide bonds. The summed E-state index contributed by atoms with van der Waals surface area (Å²) in [6, 6.07) is 7.07. The fraction of sp³-hybridized carbons (Fsp3) is 0.353. The average Bonchev–Trinajstić information content (AvgIpc) is 3.20. The van der Waals surface area contributed by atoms with Crippen molar-refractivity contribution in [1.29, 1.82) is 0 Å². The molecule has 6 nitrogen and oxygen atoms in total. The van der Waals surface area contributed by atoms with Crippen molar-refractivity contribution in [2.45, 2.75) is 32.7 Å². The van der Waals surface area contributed by atoms with Crippen molar-refractivity contribution in [2.24, 2.45) is 0 Å². The fourth-order valence-corrected chi connectivity index (χ4v) is 4.06. The predicted octanol–water partition coefficient (Wildman–Crippen LogP) is 4.64. The number of carbonyl (C=O) groups is 1. The maximum absolute atomic E-state index is 12.8. The van der Waals surface area contributed by atoms with Gasteiger partial charge in [-0.15, -0.1) is 11.3 Å². The van der Waals surface area contributed by atoms with Crippen molar-refractivity contribution in [3.05, 3.63) is 55.8 Å². The Morgan fingerprint density at radius 1 is 1.38 bits per heavy atom. The van der Waals surface area contributed by atoms with Crippen molar-refractivity contribution in [3.63, 3.8) is 0 Å². The molecule has 1 atom stereocenters. The zero-order chi connectivity index (χ0) is 17.3. The molecule has 0 radical (unpaired) electrons. The second kappa shape index (κ2) is 6.60. The number of amides is 2. The number of nitrogens with one attached hydrogen (secondary N) is 1. The monoisotopic (exact) mass is 345 g/mol. The van der Waals surface area contributed by atoms with E-state index in [1.54, 1.807) is 24.3 Å². The van der Waals surface area contributed by atoms with Gasteiger partial charge in [0.25, 0.3) is 5.69 Å². The number of benzene rings is 1. The van der Waals surface area contributed by atoms with Gasteiger partial charge in [-0.2, -0.15) is 0 Å². The fourth-order valence-electron chi connectivity index (χ4n) is 3.19. The highest BCUT2D eigenvalue weighted by molar-refractivity contribution is 7.10. The molecule has 1 N–H and O–H groups in total. The van der Waals surface area contributed by atoms with E-state index in [0.717, 1.165) is 18.4 Å². The molecular weight excluding hydrogens is 326 g/mol. The number of rotatable bonds is 3. The van der Waals surface area contributed by atoms with Gasteiger partial charge < -0.3 is 10.2 Å². The zero-order valence-corrected chi connectivity index (χ0v) is 14.4. The van der Waals surface area contributed by atoms with Crippen molar-refractivity contribution in [2.75, 3.05) is 11.9 Å². The lowest BCUT2D eigenvalue weighted by molar-refractivity contribution is -0.385. The van der Waals surface area contributed by atoms with E-state index in [1.165, 1.54) is 10.9 Å². The van der Waals surface area contributed by atoms with E-state index in [9.17, 15) is 14.9 Å². The molecule has 1 aromatic carbocycles. The standard InChI is InChI=1S/C17H19N3O3S/c1-11-7-8-13(20(22)23)12(2)16(11)18-17(21)19-9-3-5-14(19)15-6-4-10-24-15/h4,6-8,10,14H,3,5,9H2,1-2H3,(H,18,21). The van der Waals surface area contributed by atoms with Crippen LogP contribution in [0.3, 0.4) is 0 Å². The second-order valence-corrected chi connectivity index (χ2v) is 6.93. The van der Waals surface area contributed by atoms with Crippen LogP contribution in [0.2, 0.25) is 0 Å². The Labute approximate surface area is 144 Å². The van der Waals surface area contributed by atoms with E-state index in [4.69, 9.17) is 0 Å². The first-order valence-electron chi connectivity index (χ1n) is 7.84. The van der Waals surface area contributed by atoms with Gasteiger partial charge in [0, 0.05) is 17.5 Å². The number of hydrogen-bond donors (Lipinski definition) is 1. The molecule has 0 spiro atoms. The summed E-state index contributed by atoms with van der Waals surface area (Å²) in [5.74, 6) is 0. The third-order valence-electron chi connectivity index (χ3n) is 4.46. The van der Waals surface area contributed by atoms with Crippen molar-refractivity contribution in [1.82, 2.24) is 4.90 Å². The number of carbonyl (C=O) groups excluding carboxylic acids is 1. The van der Waals surface area contributed by atoms with Gasteiger partial charge in [-0.05, 0) is 43.7 Å².